The quantitative estimate of drug-likeness (QED) is 0.589. The number of carbonyl (C=O) groups is 2. The number of hydrogen-bond donors (Lipinski definition) is 0. The second-order valence-electron chi connectivity index (χ2n) is 8.29. The Labute approximate surface area is 188 Å². The van der Waals surface area contributed by atoms with Crippen LogP contribution < -0.4 is 0 Å². The second kappa shape index (κ2) is 10.3. The largest absolute Gasteiger partial charge is 0.450 e. The predicted octanol–water partition coefficient (Wildman–Crippen LogP) is 3.70. The predicted molar refractivity (Wildman–Crippen MR) is 120 cm³/mol. The van der Waals surface area contributed by atoms with Gasteiger partial charge in [-0.1, -0.05) is 17.7 Å². The molecule has 174 valence electrons. The van der Waals surface area contributed by atoms with E-state index in [4.69, 9.17) is 9.15 Å². The van der Waals surface area contributed by atoms with Crippen molar-refractivity contribution in [3.63, 3.8) is 0 Å². The van der Waals surface area contributed by atoms with E-state index in [1.54, 1.807) is 18.7 Å². The number of ketones is 1. The van der Waals surface area contributed by atoms with Gasteiger partial charge < -0.3 is 14.1 Å². The number of ether oxygens (including phenoxy) is 1. The van der Waals surface area contributed by atoms with Crippen LogP contribution in [0, 0.1) is 19.8 Å². The van der Waals surface area contributed by atoms with E-state index < -0.39 is 15.6 Å². The molecule has 1 amide bonds. The highest BCUT2D eigenvalue weighted by Crippen LogP contribution is 2.25. The van der Waals surface area contributed by atoms with Crippen LogP contribution in [-0.4, -0.2) is 55.6 Å². The van der Waals surface area contributed by atoms with Crippen LogP contribution in [0.4, 0.5) is 4.79 Å². The van der Waals surface area contributed by atoms with Crippen LogP contribution in [0.5, 0.6) is 0 Å². The van der Waals surface area contributed by atoms with Gasteiger partial charge in [0.15, 0.2) is 9.84 Å². The summed E-state index contributed by atoms with van der Waals surface area (Å²) in [5.74, 6) is -0.279. The molecule has 1 aliphatic heterocycles. The molecule has 3 rings (SSSR count). The summed E-state index contributed by atoms with van der Waals surface area (Å²) in [5, 5.41) is 0. The Balaban J connectivity index is 1.54. The molecular formula is C23H30N2O6S. The fourth-order valence-corrected chi connectivity index (χ4v) is 5.20. The smallest absolute Gasteiger partial charge is 0.409 e. The van der Waals surface area contributed by atoms with Gasteiger partial charge in [-0.2, -0.15) is 0 Å². The van der Waals surface area contributed by atoms with Crippen molar-refractivity contribution in [1.29, 1.82) is 0 Å². The summed E-state index contributed by atoms with van der Waals surface area (Å²) in [6, 6.07) is 7.60. The lowest BCUT2D eigenvalue weighted by molar-refractivity contribution is -0.117. The summed E-state index contributed by atoms with van der Waals surface area (Å²) in [4.78, 5) is 30.2. The zero-order valence-corrected chi connectivity index (χ0v) is 19.6. The van der Waals surface area contributed by atoms with Crippen molar-refractivity contribution < 1.29 is 27.2 Å². The number of sulfone groups is 1. The first-order chi connectivity index (χ1) is 15.2. The molecule has 32 heavy (non-hydrogen) atoms. The number of hydrogen-bond acceptors (Lipinski definition) is 7. The minimum Gasteiger partial charge on any atom is -0.450 e. The molecule has 1 aromatic heterocycles. The summed E-state index contributed by atoms with van der Waals surface area (Å²) in [6.45, 7) is 6.77. The first-order valence-corrected chi connectivity index (χ1v) is 12.7. The molecule has 1 aliphatic rings. The zero-order valence-electron chi connectivity index (χ0n) is 18.8. The van der Waals surface area contributed by atoms with Crippen LogP contribution in [0.1, 0.15) is 43.2 Å². The van der Waals surface area contributed by atoms with Crippen molar-refractivity contribution in [2.45, 2.75) is 45.8 Å². The number of benzene rings is 1. The third kappa shape index (κ3) is 6.41. The van der Waals surface area contributed by atoms with Crippen molar-refractivity contribution in [3.8, 4) is 11.5 Å². The summed E-state index contributed by atoms with van der Waals surface area (Å²) in [6.07, 6.45) is 1.18. The van der Waals surface area contributed by atoms with Gasteiger partial charge in [-0.15, -0.1) is 0 Å². The number of amides is 1. The maximum Gasteiger partial charge on any atom is 0.409 e. The number of likely N-dealkylation sites (tertiary alicyclic amines) is 1. The van der Waals surface area contributed by atoms with Gasteiger partial charge >= 0.3 is 6.09 Å². The Kier molecular flexibility index (Phi) is 7.71. The SMILES string of the molecule is CCOC(=O)N1CCC(CC(=O)CS(=O)(=O)Cc2nc(-c3ccc(C)cc3)oc2C)CC1. The van der Waals surface area contributed by atoms with Crippen molar-refractivity contribution >= 4 is 21.7 Å². The molecule has 0 spiro atoms. The van der Waals surface area contributed by atoms with Crippen LogP contribution in [0.2, 0.25) is 0 Å². The molecule has 0 bridgehead atoms. The van der Waals surface area contributed by atoms with Crippen molar-refractivity contribution in [2.75, 3.05) is 25.4 Å². The molecular weight excluding hydrogens is 432 g/mol. The number of aromatic nitrogens is 1. The molecule has 1 saturated heterocycles. The molecule has 0 aliphatic carbocycles. The Bertz CT molecular complexity index is 1050. The normalized spacial score (nSPS) is 15.0. The van der Waals surface area contributed by atoms with Gasteiger partial charge in [-0.3, -0.25) is 4.79 Å². The van der Waals surface area contributed by atoms with Crippen molar-refractivity contribution in [2.24, 2.45) is 5.92 Å². The Morgan fingerprint density at radius 1 is 1.16 bits per heavy atom. The maximum absolute atomic E-state index is 12.6. The molecule has 0 unspecified atom stereocenters. The monoisotopic (exact) mass is 462 g/mol. The molecule has 8 nitrogen and oxygen atoms in total. The van der Waals surface area contributed by atoms with Gasteiger partial charge in [0.25, 0.3) is 0 Å². The number of nitrogens with zero attached hydrogens (tertiary/aromatic N) is 2. The third-order valence-corrected chi connectivity index (χ3v) is 7.06. The van der Waals surface area contributed by atoms with E-state index in [9.17, 15) is 18.0 Å². The van der Waals surface area contributed by atoms with Gasteiger partial charge in [0.1, 0.15) is 17.3 Å². The van der Waals surface area contributed by atoms with Crippen LogP contribution in [-0.2, 0) is 25.1 Å². The fourth-order valence-electron chi connectivity index (χ4n) is 3.80. The van der Waals surface area contributed by atoms with E-state index in [-0.39, 0.29) is 30.0 Å². The first kappa shape index (κ1) is 24.0. The number of piperidine rings is 1. The minimum absolute atomic E-state index is 0.0744. The van der Waals surface area contributed by atoms with Crippen molar-refractivity contribution in [1.82, 2.24) is 9.88 Å². The van der Waals surface area contributed by atoms with Crippen LogP contribution in [0.3, 0.4) is 0 Å². The number of aryl methyl sites for hydroxylation is 2. The molecule has 0 radical (unpaired) electrons. The van der Waals surface area contributed by atoms with E-state index in [2.05, 4.69) is 4.98 Å². The summed E-state index contributed by atoms with van der Waals surface area (Å²) in [5.41, 5.74) is 2.20. The highest BCUT2D eigenvalue weighted by atomic mass is 32.2. The van der Waals surface area contributed by atoms with Gasteiger partial charge in [0.2, 0.25) is 5.89 Å². The first-order valence-electron chi connectivity index (χ1n) is 10.8. The highest BCUT2D eigenvalue weighted by Gasteiger charge is 2.27. The second-order valence-corrected chi connectivity index (χ2v) is 10.4. The lowest BCUT2D eigenvalue weighted by Crippen LogP contribution is -2.39. The summed E-state index contributed by atoms with van der Waals surface area (Å²) >= 11 is 0. The van der Waals surface area contributed by atoms with Crippen LogP contribution >= 0.6 is 0 Å². The minimum atomic E-state index is -3.67. The molecule has 2 aromatic rings. The van der Waals surface area contributed by atoms with Crippen LogP contribution in [0.15, 0.2) is 28.7 Å². The van der Waals surface area contributed by atoms with Gasteiger partial charge in [0.05, 0.1) is 18.1 Å². The standard InChI is InChI=1S/C23H30N2O6S/c1-4-30-23(27)25-11-9-18(10-12-25)13-20(26)14-32(28,29)15-21-17(3)31-22(24-21)19-7-5-16(2)6-8-19/h5-8,18H,4,9-15H2,1-3H3. The van der Waals surface area contributed by atoms with E-state index in [0.29, 0.717) is 49.9 Å². The summed E-state index contributed by atoms with van der Waals surface area (Å²) in [7, 11) is -3.67. The van der Waals surface area contributed by atoms with Gasteiger partial charge in [-0.05, 0) is 51.7 Å². The fraction of sp³-hybridized carbons (Fsp3) is 0.522. The summed E-state index contributed by atoms with van der Waals surface area (Å²) < 4.78 is 35.9. The molecule has 2 heterocycles. The van der Waals surface area contributed by atoms with Gasteiger partial charge in [-0.25, -0.2) is 18.2 Å². The lowest BCUT2D eigenvalue weighted by atomic mass is 9.92. The topological polar surface area (TPSA) is 107 Å². The molecule has 1 aromatic carbocycles. The van der Waals surface area contributed by atoms with Crippen LogP contribution in [0.25, 0.3) is 11.5 Å². The molecule has 9 heteroatoms. The Hall–Kier alpha value is -2.68. The van der Waals surface area contributed by atoms with E-state index in [1.165, 1.54) is 0 Å². The Morgan fingerprint density at radius 3 is 2.44 bits per heavy atom. The van der Waals surface area contributed by atoms with Gasteiger partial charge in [0, 0.05) is 25.1 Å². The number of carbonyl (C=O) groups excluding carboxylic acids is 2. The maximum atomic E-state index is 12.6. The van der Waals surface area contributed by atoms with E-state index in [0.717, 1.165) is 11.1 Å². The third-order valence-electron chi connectivity index (χ3n) is 5.59. The number of Topliss-reactive ketones (excluding diaryl/α,β-unsaturated/α-hetero) is 1. The lowest BCUT2D eigenvalue weighted by Gasteiger charge is -2.30. The molecule has 1 fully saturated rings. The van der Waals surface area contributed by atoms with E-state index >= 15 is 0 Å². The number of rotatable bonds is 8. The molecule has 0 saturated carbocycles. The molecule has 0 N–H and O–H groups in total. The average molecular weight is 463 g/mol. The van der Waals surface area contributed by atoms with Crippen molar-refractivity contribution in [3.05, 3.63) is 41.3 Å². The zero-order chi connectivity index (χ0) is 23.3. The van der Waals surface area contributed by atoms with E-state index in [1.807, 2.05) is 31.2 Å². The number of oxazole rings is 1. The average Bonchev–Trinajstić information content (AvgIpc) is 3.08. The highest BCUT2D eigenvalue weighted by molar-refractivity contribution is 7.91. The molecule has 0 atom stereocenters. The Morgan fingerprint density at radius 2 is 1.81 bits per heavy atom.